The molecule has 1 aromatic carbocycles. The number of nitrogens with zero attached hydrogens (tertiary/aromatic N) is 1. The van der Waals surface area contributed by atoms with Crippen LogP contribution in [0.15, 0.2) is 24.3 Å². The molecule has 1 aromatic rings. The van der Waals surface area contributed by atoms with Crippen LogP contribution >= 0.6 is 11.6 Å². The molecule has 2 saturated heterocycles. The van der Waals surface area contributed by atoms with Gasteiger partial charge in [-0.15, -0.1) is 0 Å². The van der Waals surface area contributed by atoms with Crippen LogP contribution in [0.5, 0.6) is 0 Å². The molecule has 0 amide bonds. The van der Waals surface area contributed by atoms with Gasteiger partial charge in [0.15, 0.2) is 0 Å². The summed E-state index contributed by atoms with van der Waals surface area (Å²) in [6, 6.07) is 10.6. The van der Waals surface area contributed by atoms with Crippen LogP contribution in [0, 0.1) is 0 Å². The first-order valence-corrected chi connectivity index (χ1v) is 7.81. The molecule has 2 N–H and O–H groups in total. The zero-order chi connectivity index (χ0) is 13.4. The zero-order valence-electron chi connectivity index (χ0n) is 11.6. The molecule has 2 nitrogen and oxygen atoms in total. The lowest BCUT2D eigenvalue weighted by Gasteiger charge is -2.51. The molecule has 2 aliphatic rings. The fourth-order valence-corrected chi connectivity index (χ4v) is 4.13. The van der Waals surface area contributed by atoms with E-state index in [9.17, 15) is 0 Å². The minimum Gasteiger partial charge on any atom is -0.328 e. The van der Waals surface area contributed by atoms with E-state index in [0.29, 0.717) is 24.2 Å². The first-order valence-electron chi connectivity index (χ1n) is 7.43. The summed E-state index contributed by atoms with van der Waals surface area (Å²) in [5.74, 6) is 0. The standard InChI is InChI=1S/C16H23ClN2/c1-11(12-5-7-13(17)8-6-12)19-15-3-2-4-16(19)10-14(18)9-15/h5-8,11,14-16H,2-4,9-10,18H2,1H3. The van der Waals surface area contributed by atoms with Crippen molar-refractivity contribution >= 4 is 11.6 Å². The molecule has 0 aliphatic carbocycles. The van der Waals surface area contributed by atoms with Crippen molar-refractivity contribution in [3.63, 3.8) is 0 Å². The van der Waals surface area contributed by atoms with E-state index in [0.717, 1.165) is 17.9 Å². The molecular formula is C16H23ClN2. The SMILES string of the molecule is CC(c1ccc(Cl)cc1)N1C2CCCC1CC(N)C2. The Morgan fingerprint density at radius 3 is 2.32 bits per heavy atom. The van der Waals surface area contributed by atoms with E-state index < -0.39 is 0 Å². The fourth-order valence-electron chi connectivity index (χ4n) is 4.01. The Labute approximate surface area is 120 Å². The van der Waals surface area contributed by atoms with Gasteiger partial charge in [0.2, 0.25) is 0 Å². The summed E-state index contributed by atoms with van der Waals surface area (Å²) in [4.78, 5) is 2.72. The van der Waals surface area contributed by atoms with Gasteiger partial charge >= 0.3 is 0 Å². The molecule has 3 rings (SSSR count). The molecule has 0 saturated carbocycles. The number of nitrogens with two attached hydrogens (primary N) is 1. The zero-order valence-corrected chi connectivity index (χ0v) is 12.3. The summed E-state index contributed by atoms with van der Waals surface area (Å²) in [7, 11) is 0. The lowest BCUT2D eigenvalue weighted by molar-refractivity contribution is -0.000509. The van der Waals surface area contributed by atoms with Crippen molar-refractivity contribution < 1.29 is 0 Å². The van der Waals surface area contributed by atoms with Gasteiger partial charge in [-0.3, -0.25) is 4.90 Å². The maximum Gasteiger partial charge on any atom is 0.0406 e. The molecule has 0 spiro atoms. The Bertz CT molecular complexity index is 417. The number of halogens is 1. The van der Waals surface area contributed by atoms with Gasteiger partial charge in [-0.1, -0.05) is 30.2 Å². The Kier molecular flexibility index (Phi) is 3.84. The number of hydrogen-bond acceptors (Lipinski definition) is 2. The van der Waals surface area contributed by atoms with Crippen molar-refractivity contribution in [3.8, 4) is 0 Å². The number of hydrogen-bond donors (Lipinski definition) is 1. The van der Waals surface area contributed by atoms with Gasteiger partial charge in [-0.25, -0.2) is 0 Å². The predicted octanol–water partition coefficient (Wildman–Crippen LogP) is 3.75. The number of benzene rings is 1. The van der Waals surface area contributed by atoms with Crippen LogP contribution in [0.2, 0.25) is 5.02 Å². The van der Waals surface area contributed by atoms with Crippen molar-refractivity contribution in [3.05, 3.63) is 34.9 Å². The van der Waals surface area contributed by atoms with Gasteiger partial charge in [0.25, 0.3) is 0 Å². The molecule has 104 valence electrons. The molecule has 2 bridgehead atoms. The highest BCUT2D eigenvalue weighted by atomic mass is 35.5. The normalized spacial score (nSPS) is 33.1. The molecular weight excluding hydrogens is 256 g/mol. The second-order valence-electron chi connectivity index (χ2n) is 6.14. The van der Waals surface area contributed by atoms with Gasteiger partial charge in [-0.05, 0) is 50.3 Å². The Hall–Kier alpha value is -0.570. The van der Waals surface area contributed by atoms with Crippen molar-refractivity contribution in [1.82, 2.24) is 4.90 Å². The first kappa shape index (κ1) is 13.4. The van der Waals surface area contributed by atoms with Gasteiger partial charge < -0.3 is 5.73 Å². The van der Waals surface area contributed by atoms with Crippen molar-refractivity contribution in [2.45, 2.75) is 63.2 Å². The molecule has 0 aromatic heterocycles. The van der Waals surface area contributed by atoms with Crippen LogP contribution in [0.1, 0.15) is 50.6 Å². The van der Waals surface area contributed by atoms with E-state index in [1.54, 1.807) is 0 Å². The molecule has 19 heavy (non-hydrogen) atoms. The third-order valence-corrected chi connectivity index (χ3v) is 5.12. The Balaban J connectivity index is 1.82. The molecule has 0 radical (unpaired) electrons. The largest absolute Gasteiger partial charge is 0.328 e. The third kappa shape index (κ3) is 2.67. The van der Waals surface area contributed by atoms with Crippen LogP contribution < -0.4 is 5.73 Å². The van der Waals surface area contributed by atoms with Crippen LogP contribution in [0.4, 0.5) is 0 Å². The topological polar surface area (TPSA) is 29.3 Å². The van der Waals surface area contributed by atoms with Gasteiger partial charge in [0.05, 0.1) is 0 Å². The maximum atomic E-state index is 6.20. The monoisotopic (exact) mass is 278 g/mol. The Morgan fingerprint density at radius 2 is 1.74 bits per heavy atom. The molecule has 2 heterocycles. The van der Waals surface area contributed by atoms with E-state index in [-0.39, 0.29) is 0 Å². The van der Waals surface area contributed by atoms with Gasteiger partial charge in [0, 0.05) is 29.2 Å². The summed E-state index contributed by atoms with van der Waals surface area (Å²) in [5, 5.41) is 0.816. The predicted molar refractivity (Wildman–Crippen MR) is 80.3 cm³/mol. The highest BCUT2D eigenvalue weighted by Crippen LogP contribution is 2.39. The first-order chi connectivity index (χ1) is 9.15. The molecule has 3 unspecified atom stereocenters. The molecule has 2 fully saturated rings. The summed E-state index contributed by atoms with van der Waals surface area (Å²) in [6.45, 7) is 2.32. The second-order valence-corrected chi connectivity index (χ2v) is 6.58. The summed E-state index contributed by atoms with van der Waals surface area (Å²) < 4.78 is 0. The Morgan fingerprint density at radius 1 is 1.16 bits per heavy atom. The van der Waals surface area contributed by atoms with Crippen LogP contribution in [0.25, 0.3) is 0 Å². The lowest BCUT2D eigenvalue weighted by Crippen LogP contribution is -2.55. The number of fused-ring (bicyclic) bond motifs is 2. The van der Waals surface area contributed by atoms with Crippen LogP contribution in [0.3, 0.4) is 0 Å². The second kappa shape index (κ2) is 5.43. The van der Waals surface area contributed by atoms with Crippen LogP contribution in [-0.4, -0.2) is 23.0 Å². The average molecular weight is 279 g/mol. The smallest absolute Gasteiger partial charge is 0.0406 e. The van der Waals surface area contributed by atoms with Crippen LogP contribution in [-0.2, 0) is 0 Å². The lowest BCUT2D eigenvalue weighted by atomic mass is 9.80. The van der Waals surface area contributed by atoms with Crippen molar-refractivity contribution in [1.29, 1.82) is 0 Å². The summed E-state index contributed by atoms with van der Waals surface area (Å²) >= 11 is 5.99. The van der Waals surface area contributed by atoms with Crippen molar-refractivity contribution in [2.75, 3.05) is 0 Å². The van der Waals surface area contributed by atoms with E-state index in [4.69, 9.17) is 17.3 Å². The summed E-state index contributed by atoms with van der Waals surface area (Å²) in [6.07, 6.45) is 6.30. The van der Waals surface area contributed by atoms with E-state index in [2.05, 4.69) is 24.0 Å². The molecule has 3 atom stereocenters. The quantitative estimate of drug-likeness (QED) is 0.893. The fraction of sp³-hybridized carbons (Fsp3) is 0.625. The van der Waals surface area contributed by atoms with E-state index >= 15 is 0 Å². The molecule has 3 heteroatoms. The molecule has 2 aliphatic heterocycles. The number of rotatable bonds is 2. The average Bonchev–Trinajstić information content (AvgIpc) is 2.37. The minimum absolute atomic E-state index is 0.406. The van der Waals surface area contributed by atoms with Gasteiger partial charge in [-0.2, -0.15) is 0 Å². The van der Waals surface area contributed by atoms with E-state index in [1.807, 2.05) is 12.1 Å². The maximum absolute atomic E-state index is 6.20. The highest BCUT2D eigenvalue weighted by Gasteiger charge is 2.39. The number of piperidine rings is 2. The highest BCUT2D eigenvalue weighted by molar-refractivity contribution is 6.30. The third-order valence-electron chi connectivity index (χ3n) is 4.87. The minimum atomic E-state index is 0.406. The van der Waals surface area contributed by atoms with Gasteiger partial charge in [0.1, 0.15) is 0 Å². The van der Waals surface area contributed by atoms with E-state index in [1.165, 1.54) is 24.8 Å². The van der Waals surface area contributed by atoms with Crippen molar-refractivity contribution in [2.24, 2.45) is 5.73 Å². The summed E-state index contributed by atoms with van der Waals surface area (Å²) in [5.41, 5.74) is 7.57.